The van der Waals surface area contributed by atoms with E-state index in [1.165, 1.54) is 0 Å². The fraction of sp³-hybridized carbons (Fsp3) is 0.846. The van der Waals surface area contributed by atoms with Crippen LogP contribution in [0.5, 0.6) is 0 Å². The van der Waals surface area contributed by atoms with Crippen LogP contribution in [0, 0.1) is 5.41 Å². The molecule has 102 valence electrons. The van der Waals surface area contributed by atoms with E-state index in [0.29, 0.717) is 6.42 Å². The van der Waals surface area contributed by atoms with Crippen molar-refractivity contribution in [2.45, 2.75) is 64.1 Å². The highest BCUT2D eigenvalue weighted by molar-refractivity contribution is 5.87. The van der Waals surface area contributed by atoms with Crippen molar-refractivity contribution in [2.24, 2.45) is 11.1 Å². The molecule has 1 heterocycles. The van der Waals surface area contributed by atoms with Gasteiger partial charge in [0.2, 0.25) is 5.91 Å². The minimum Gasteiger partial charge on any atom is -0.480 e. The second-order valence-electron chi connectivity index (χ2n) is 6.01. The zero-order valence-electron chi connectivity index (χ0n) is 11.1. The van der Waals surface area contributed by atoms with Gasteiger partial charge in [-0.05, 0) is 31.6 Å². The van der Waals surface area contributed by atoms with Crippen molar-refractivity contribution in [3.05, 3.63) is 0 Å². The number of fused-ring (bicyclic) bond motifs is 1. The average molecular weight is 254 g/mol. The maximum atomic E-state index is 12.2. The van der Waals surface area contributed by atoms with Gasteiger partial charge in [0.1, 0.15) is 6.04 Å². The highest BCUT2D eigenvalue weighted by Crippen LogP contribution is 2.49. The van der Waals surface area contributed by atoms with Gasteiger partial charge in [0.05, 0.1) is 6.04 Å². The summed E-state index contributed by atoms with van der Waals surface area (Å²) in [5.41, 5.74) is 5.61. The van der Waals surface area contributed by atoms with E-state index in [1.807, 2.05) is 0 Å². The summed E-state index contributed by atoms with van der Waals surface area (Å²) in [4.78, 5) is 25.1. The highest BCUT2D eigenvalue weighted by atomic mass is 16.4. The molecule has 5 nitrogen and oxygen atoms in total. The van der Waals surface area contributed by atoms with Gasteiger partial charge < -0.3 is 15.7 Å². The van der Waals surface area contributed by atoms with Crippen LogP contribution < -0.4 is 5.73 Å². The van der Waals surface area contributed by atoms with Gasteiger partial charge in [-0.15, -0.1) is 0 Å². The molecule has 1 aliphatic heterocycles. The minimum atomic E-state index is -0.903. The molecule has 18 heavy (non-hydrogen) atoms. The zero-order valence-corrected chi connectivity index (χ0v) is 11.1. The van der Waals surface area contributed by atoms with Gasteiger partial charge in [0, 0.05) is 6.04 Å². The first kappa shape index (κ1) is 13.3. The van der Waals surface area contributed by atoms with Crippen LogP contribution in [-0.4, -0.2) is 40.0 Å². The second-order valence-corrected chi connectivity index (χ2v) is 6.01. The first-order chi connectivity index (χ1) is 8.37. The molecule has 3 N–H and O–H groups in total. The number of likely N-dealkylation sites (tertiary alicyclic amines) is 1. The van der Waals surface area contributed by atoms with Gasteiger partial charge in [-0.1, -0.05) is 19.8 Å². The van der Waals surface area contributed by atoms with Gasteiger partial charge in [0.25, 0.3) is 0 Å². The summed E-state index contributed by atoms with van der Waals surface area (Å²) in [6.45, 7) is 3.74. The van der Waals surface area contributed by atoms with E-state index in [4.69, 9.17) is 5.73 Å². The number of aliphatic carboxylic acids is 1. The zero-order chi connectivity index (χ0) is 13.5. The van der Waals surface area contributed by atoms with Gasteiger partial charge in [-0.25, -0.2) is 4.79 Å². The number of carboxylic acid groups (broad SMARTS) is 1. The number of rotatable bonds is 2. The van der Waals surface area contributed by atoms with Crippen LogP contribution in [0.15, 0.2) is 0 Å². The van der Waals surface area contributed by atoms with E-state index >= 15 is 0 Å². The van der Waals surface area contributed by atoms with Crippen LogP contribution in [0.4, 0.5) is 0 Å². The molecular formula is C13H22N2O3. The number of nitrogens with two attached hydrogens (primary N) is 1. The van der Waals surface area contributed by atoms with Crippen LogP contribution in [0.2, 0.25) is 0 Å². The molecule has 1 saturated heterocycles. The lowest BCUT2D eigenvalue weighted by atomic mass is 9.71. The molecule has 0 aromatic rings. The number of hydrogen-bond donors (Lipinski definition) is 2. The van der Waals surface area contributed by atoms with Gasteiger partial charge in [-0.2, -0.15) is 0 Å². The normalized spacial score (nSPS) is 37.2. The summed E-state index contributed by atoms with van der Waals surface area (Å²) in [6.07, 6.45) is 4.66. The van der Waals surface area contributed by atoms with Crippen molar-refractivity contribution in [2.75, 3.05) is 0 Å². The molecule has 2 rings (SSSR count). The van der Waals surface area contributed by atoms with E-state index in [9.17, 15) is 14.7 Å². The molecule has 2 aliphatic rings. The lowest BCUT2D eigenvalue weighted by Gasteiger charge is -2.39. The lowest BCUT2D eigenvalue weighted by Crippen LogP contribution is -2.52. The van der Waals surface area contributed by atoms with Crippen molar-refractivity contribution in [3.8, 4) is 0 Å². The van der Waals surface area contributed by atoms with E-state index in [1.54, 1.807) is 11.8 Å². The summed E-state index contributed by atoms with van der Waals surface area (Å²) in [7, 11) is 0. The topological polar surface area (TPSA) is 83.6 Å². The molecule has 0 aromatic carbocycles. The molecule has 2 fully saturated rings. The van der Waals surface area contributed by atoms with E-state index < -0.39 is 18.1 Å². The quantitative estimate of drug-likeness (QED) is 0.769. The predicted molar refractivity (Wildman–Crippen MR) is 66.9 cm³/mol. The molecule has 0 bridgehead atoms. The Labute approximate surface area is 107 Å². The standard InChI is InChI=1S/C13H22N2O3/c1-8(14)11(16)15-9(12(17)18)7-13(2)6-4-3-5-10(13)15/h8-10H,3-7,14H2,1-2H3,(H,17,18)/t8-,9-,10-,13-/m0/s1. The Morgan fingerprint density at radius 3 is 2.67 bits per heavy atom. The SMILES string of the molecule is C[C@H](N)C(=O)N1[C@H]2CCCC[C@@]2(C)C[C@H]1C(=O)O. The third kappa shape index (κ3) is 2.00. The number of carboxylic acids is 1. The predicted octanol–water partition coefficient (Wildman–Crippen LogP) is 0.968. The number of amides is 1. The second kappa shape index (κ2) is 4.53. The number of carbonyl (C=O) groups is 2. The molecule has 1 saturated carbocycles. The molecule has 4 atom stereocenters. The Kier molecular flexibility index (Phi) is 3.36. The van der Waals surface area contributed by atoms with Crippen molar-refractivity contribution in [1.82, 2.24) is 4.90 Å². The first-order valence-corrected chi connectivity index (χ1v) is 6.67. The monoisotopic (exact) mass is 254 g/mol. The molecule has 1 amide bonds. The van der Waals surface area contributed by atoms with Gasteiger partial charge >= 0.3 is 5.97 Å². The highest BCUT2D eigenvalue weighted by Gasteiger charge is 2.54. The van der Waals surface area contributed by atoms with E-state index in [0.717, 1.165) is 25.7 Å². The third-order valence-corrected chi connectivity index (χ3v) is 4.54. The van der Waals surface area contributed by atoms with Crippen molar-refractivity contribution >= 4 is 11.9 Å². The Balaban J connectivity index is 2.32. The number of nitrogens with zero attached hydrogens (tertiary/aromatic N) is 1. The first-order valence-electron chi connectivity index (χ1n) is 6.67. The fourth-order valence-corrected chi connectivity index (χ4v) is 3.60. The Bertz CT molecular complexity index is 369. The van der Waals surface area contributed by atoms with Crippen LogP contribution in [0.3, 0.4) is 0 Å². The van der Waals surface area contributed by atoms with Crippen molar-refractivity contribution in [1.29, 1.82) is 0 Å². The van der Waals surface area contributed by atoms with Crippen LogP contribution in [0.25, 0.3) is 0 Å². The Hall–Kier alpha value is -1.10. The minimum absolute atomic E-state index is 0.0471. The Morgan fingerprint density at radius 2 is 2.11 bits per heavy atom. The summed E-state index contributed by atoms with van der Waals surface area (Å²) in [5, 5.41) is 9.34. The van der Waals surface area contributed by atoms with Crippen LogP contribution in [-0.2, 0) is 9.59 Å². The molecule has 0 unspecified atom stereocenters. The number of carbonyl (C=O) groups excluding carboxylic acids is 1. The fourth-order valence-electron chi connectivity index (χ4n) is 3.60. The maximum absolute atomic E-state index is 12.2. The summed E-state index contributed by atoms with van der Waals surface area (Å²) >= 11 is 0. The molecule has 0 aromatic heterocycles. The van der Waals surface area contributed by atoms with E-state index in [-0.39, 0.29) is 17.4 Å². The maximum Gasteiger partial charge on any atom is 0.326 e. The summed E-state index contributed by atoms with van der Waals surface area (Å²) < 4.78 is 0. The molecule has 0 spiro atoms. The van der Waals surface area contributed by atoms with Crippen molar-refractivity contribution in [3.63, 3.8) is 0 Å². The van der Waals surface area contributed by atoms with Crippen LogP contribution in [0.1, 0.15) is 46.0 Å². The largest absolute Gasteiger partial charge is 0.480 e. The van der Waals surface area contributed by atoms with Gasteiger partial charge in [-0.3, -0.25) is 4.79 Å². The molecule has 0 radical (unpaired) electrons. The number of hydrogen-bond acceptors (Lipinski definition) is 3. The molecule has 5 heteroatoms. The lowest BCUT2D eigenvalue weighted by molar-refractivity contribution is -0.150. The average Bonchev–Trinajstić information content (AvgIpc) is 2.61. The summed E-state index contributed by atoms with van der Waals surface area (Å²) in [5.74, 6) is -1.13. The summed E-state index contributed by atoms with van der Waals surface area (Å²) in [6, 6.07) is -1.28. The molecule has 1 aliphatic carbocycles. The van der Waals surface area contributed by atoms with Crippen LogP contribution >= 0.6 is 0 Å². The van der Waals surface area contributed by atoms with Gasteiger partial charge in [0.15, 0.2) is 0 Å². The smallest absolute Gasteiger partial charge is 0.326 e. The van der Waals surface area contributed by atoms with Crippen molar-refractivity contribution < 1.29 is 14.7 Å². The molecular weight excluding hydrogens is 232 g/mol. The Morgan fingerprint density at radius 1 is 1.44 bits per heavy atom. The van der Waals surface area contributed by atoms with E-state index in [2.05, 4.69) is 6.92 Å². The third-order valence-electron chi connectivity index (χ3n) is 4.54.